The molecule has 3 aromatic rings. The molecular formula is C21H21FN2O2. The zero-order valence-corrected chi connectivity index (χ0v) is 14.6. The maximum Gasteiger partial charge on any atom is 0.238 e. The van der Waals surface area contributed by atoms with Gasteiger partial charge >= 0.3 is 0 Å². The molecular weight excluding hydrogens is 331 g/mol. The Balaban J connectivity index is 1.69. The van der Waals surface area contributed by atoms with E-state index in [2.05, 4.69) is 5.32 Å². The summed E-state index contributed by atoms with van der Waals surface area (Å²) in [7, 11) is 0. The van der Waals surface area contributed by atoms with E-state index in [0.717, 1.165) is 16.9 Å². The molecule has 0 aliphatic heterocycles. The lowest BCUT2D eigenvalue weighted by Gasteiger charge is -2.21. The van der Waals surface area contributed by atoms with E-state index in [-0.39, 0.29) is 18.3 Å². The number of nitrogens with one attached hydrogen (secondary N) is 1. The molecule has 0 unspecified atom stereocenters. The van der Waals surface area contributed by atoms with Crippen molar-refractivity contribution < 1.29 is 13.6 Å². The van der Waals surface area contributed by atoms with Gasteiger partial charge in [0.25, 0.3) is 0 Å². The summed E-state index contributed by atoms with van der Waals surface area (Å²) in [5, 5.41) is 2.80. The number of rotatable bonds is 7. The van der Waals surface area contributed by atoms with Crippen LogP contribution in [0.25, 0.3) is 0 Å². The van der Waals surface area contributed by atoms with E-state index in [4.69, 9.17) is 4.42 Å². The van der Waals surface area contributed by atoms with Gasteiger partial charge in [-0.1, -0.05) is 36.4 Å². The van der Waals surface area contributed by atoms with Gasteiger partial charge < -0.3 is 9.73 Å². The van der Waals surface area contributed by atoms with Gasteiger partial charge in [0.2, 0.25) is 5.91 Å². The van der Waals surface area contributed by atoms with Crippen LogP contribution in [0, 0.1) is 12.7 Å². The number of amides is 1. The van der Waals surface area contributed by atoms with Crippen molar-refractivity contribution in [2.75, 3.05) is 11.9 Å². The number of benzene rings is 2. The molecule has 0 radical (unpaired) electrons. The molecule has 0 saturated heterocycles. The molecule has 5 heteroatoms. The van der Waals surface area contributed by atoms with Crippen molar-refractivity contribution in [1.29, 1.82) is 0 Å². The van der Waals surface area contributed by atoms with Crippen molar-refractivity contribution in [3.05, 3.63) is 89.6 Å². The highest BCUT2D eigenvalue weighted by Crippen LogP contribution is 2.16. The first-order valence-electron chi connectivity index (χ1n) is 8.45. The van der Waals surface area contributed by atoms with Crippen LogP contribution in [0.15, 0.2) is 71.3 Å². The number of aryl methyl sites for hydroxylation is 1. The summed E-state index contributed by atoms with van der Waals surface area (Å²) in [5.74, 6) is 0.222. The Morgan fingerprint density at radius 2 is 1.88 bits per heavy atom. The molecule has 3 rings (SSSR count). The summed E-state index contributed by atoms with van der Waals surface area (Å²) in [5.41, 5.74) is 2.42. The number of furan rings is 1. The van der Waals surface area contributed by atoms with E-state index in [0.29, 0.717) is 18.8 Å². The molecule has 1 N–H and O–H groups in total. The Hall–Kier alpha value is -2.92. The van der Waals surface area contributed by atoms with Gasteiger partial charge in [-0.25, -0.2) is 4.39 Å². The number of nitrogens with zero attached hydrogens (tertiary/aromatic N) is 1. The second kappa shape index (κ2) is 8.45. The van der Waals surface area contributed by atoms with Crippen molar-refractivity contribution in [2.45, 2.75) is 20.0 Å². The summed E-state index contributed by atoms with van der Waals surface area (Å²) in [6, 6.07) is 18.0. The molecule has 0 saturated carbocycles. The zero-order chi connectivity index (χ0) is 18.4. The van der Waals surface area contributed by atoms with Crippen LogP contribution in [0.2, 0.25) is 0 Å². The van der Waals surface area contributed by atoms with Crippen molar-refractivity contribution in [3.8, 4) is 0 Å². The highest BCUT2D eigenvalue weighted by molar-refractivity contribution is 5.92. The van der Waals surface area contributed by atoms with E-state index >= 15 is 0 Å². The van der Waals surface area contributed by atoms with Gasteiger partial charge in [-0.15, -0.1) is 0 Å². The number of carbonyl (C=O) groups excluding carboxylic acids is 1. The van der Waals surface area contributed by atoms with Crippen LogP contribution in [0.3, 0.4) is 0 Å². The van der Waals surface area contributed by atoms with E-state index in [1.54, 1.807) is 12.3 Å². The zero-order valence-electron chi connectivity index (χ0n) is 14.6. The second-order valence-electron chi connectivity index (χ2n) is 6.22. The van der Waals surface area contributed by atoms with E-state index in [9.17, 15) is 9.18 Å². The van der Waals surface area contributed by atoms with Gasteiger partial charge in [-0.3, -0.25) is 9.69 Å². The minimum absolute atomic E-state index is 0.172. The highest BCUT2D eigenvalue weighted by atomic mass is 19.1. The minimum atomic E-state index is -0.373. The van der Waals surface area contributed by atoms with Gasteiger partial charge in [0.15, 0.2) is 0 Å². The maximum absolute atomic E-state index is 13.4. The predicted octanol–water partition coefficient (Wildman–Crippen LogP) is 4.37. The van der Waals surface area contributed by atoms with Crippen LogP contribution >= 0.6 is 0 Å². The lowest BCUT2D eigenvalue weighted by atomic mass is 10.2. The Labute approximate surface area is 152 Å². The van der Waals surface area contributed by atoms with Gasteiger partial charge in [0, 0.05) is 12.2 Å². The summed E-state index contributed by atoms with van der Waals surface area (Å²) in [4.78, 5) is 14.5. The van der Waals surface area contributed by atoms with Crippen LogP contribution in [0.4, 0.5) is 10.1 Å². The topological polar surface area (TPSA) is 45.5 Å². The molecule has 4 nitrogen and oxygen atoms in total. The molecule has 1 aromatic heterocycles. The minimum Gasteiger partial charge on any atom is -0.468 e. The molecule has 0 spiro atoms. The highest BCUT2D eigenvalue weighted by Gasteiger charge is 2.14. The van der Waals surface area contributed by atoms with Gasteiger partial charge in [0.1, 0.15) is 11.6 Å². The summed E-state index contributed by atoms with van der Waals surface area (Å²) < 4.78 is 18.8. The fraction of sp³-hybridized carbons (Fsp3) is 0.190. The quantitative estimate of drug-likeness (QED) is 0.687. The molecule has 2 aromatic carbocycles. The smallest absolute Gasteiger partial charge is 0.238 e. The van der Waals surface area contributed by atoms with Gasteiger partial charge in [-0.2, -0.15) is 0 Å². The Morgan fingerprint density at radius 1 is 1.08 bits per heavy atom. The number of hydrogen-bond acceptors (Lipinski definition) is 3. The summed E-state index contributed by atoms with van der Waals surface area (Å²) >= 11 is 0. The molecule has 0 atom stereocenters. The van der Waals surface area contributed by atoms with Crippen LogP contribution < -0.4 is 5.32 Å². The second-order valence-corrected chi connectivity index (χ2v) is 6.22. The van der Waals surface area contributed by atoms with Crippen molar-refractivity contribution in [1.82, 2.24) is 4.90 Å². The first-order chi connectivity index (χ1) is 12.6. The van der Waals surface area contributed by atoms with E-state index in [1.807, 2.05) is 54.3 Å². The molecule has 0 bridgehead atoms. The molecule has 1 heterocycles. The van der Waals surface area contributed by atoms with E-state index < -0.39 is 0 Å². The van der Waals surface area contributed by atoms with Crippen LogP contribution in [-0.2, 0) is 17.9 Å². The third kappa shape index (κ3) is 5.04. The Kier molecular flexibility index (Phi) is 5.81. The summed E-state index contributed by atoms with van der Waals surface area (Å²) in [6.07, 6.45) is 1.62. The summed E-state index contributed by atoms with van der Waals surface area (Å²) in [6.45, 7) is 3.12. The standard InChI is InChI=1S/C21H21FN2O2/c1-16-9-10-18(22)12-20(16)23-21(25)15-24(14-19-8-5-11-26-19)13-17-6-3-2-4-7-17/h2-12H,13-15H2,1H3,(H,23,25). The lowest BCUT2D eigenvalue weighted by Crippen LogP contribution is -2.32. The lowest BCUT2D eigenvalue weighted by molar-refractivity contribution is -0.117. The molecule has 0 aliphatic carbocycles. The molecule has 0 aliphatic rings. The maximum atomic E-state index is 13.4. The number of carbonyl (C=O) groups is 1. The van der Waals surface area contributed by atoms with Crippen LogP contribution in [0.1, 0.15) is 16.9 Å². The number of halogens is 1. The molecule has 0 fully saturated rings. The fourth-order valence-electron chi connectivity index (χ4n) is 2.75. The third-order valence-electron chi connectivity index (χ3n) is 4.05. The van der Waals surface area contributed by atoms with Crippen LogP contribution in [-0.4, -0.2) is 17.4 Å². The largest absolute Gasteiger partial charge is 0.468 e. The Morgan fingerprint density at radius 3 is 2.62 bits per heavy atom. The first kappa shape index (κ1) is 17.9. The molecule has 134 valence electrons. The third-order valence-corrected chi connectivity index (χ3v) is 4.05. The number of hydrogen-bond donors (Lipinski definition) is 1. The SMILES string of the molecule is Cc1ccc(F)cc1NC(=O)CN(Cc1ccccc1)Cc1ccco1. The van der Waals surface area contributed by atoms with Gasteiger partial charge in [0.05, 0.1) is 19.4 Å². The Bertz CT molecular complexity index is 848. The van der Waals surface area contributed by atoms with E-state index in [1.165, 1.54) is 12.1 Å². The van der Waals surface area contributed by atoms with Crippen molar-refractivity contribution in [2.24, 2.45) is 0 Å². The monoisotopic (exact) mass is 352 g/mol. The predicted molar refractivity (Wildman–Crippen MR) is 99.0 cm³/mol. The molecule has 26 heavy (non-hydrogen) atoms. The average molecular weight is 352 g/mol. The normalized spacial score (nSPS) is 10.9. The average Bonchev–Trinajstić information content (AvgIpc) is 3.12. The molecule has 1 amide bonds. The van der Waals surface area contributed by atoms with Crippen LogP contribution in [0.5, 0.6) is 0 Å². The first-order valence-corrected chi connectivity index (χ1v) is 8.45. The van der Waals surface area contributed by atoms with Gasteiger partial charge in [-0.05, 0) is 42.3 Å². The number of anilines is 1. The van der Waals surface area contributed by atoms with Crippen molar-refractivity contribution >= 4 is 11.6 Å². The fourth-order valence-corrected chi connectivity index (χ4v) is 2.75. The van der Waals surface area contributed by atoms with Crippen molar-refractivity contribution in [3.63, 3.8) is 0 Å².